The lowest BCUT2D eigenvalue weighted by atomic mass is 10.2. The van der Waals surface area contributed by atoms with Gasteiger partial charge in [-0.05, 0) is 30.3 Å². The van der Waals surface area contributed by atoms with E-state index in [-0.39, 0.29) is 18.3 Å². The maximum Gasteiger partial charge on any atom is 0.437 e. The zero-order valence-corrected chi connectivity index (χ0v) is 14.9. The lowest BCUT2D eigenvalue weighted by molar-refractivity contribution is -0.131. The van der Waals surface area contributed by atoms with E-state index in [2.05, 4.69) is 5.10 Å². The molecule has 1 aromatic heterocycles. The summed E-state index contributed by atoms with van der Waals surface area (Å²) in [4.78, 5) is 25.9. The molecule has 0 aliphatic rings. The van der Waals surface area contributed by atoms with Crippen LogP contribution in [0.15, 0.2) is 57.7 Å². The molecule has 0 radical (unpaired) electrons. The third-order valence-corrected chi connectivity index (χ3v) is 4.01. The van der Waals surface area contributed by atoms with Gasteiger partial charge in [0.05, 0.1) is 7.11 Å². The van der Waals surface area contributed by atoms with Gasteiger partial charge < -0.3 is 14.1 Å². The van der Waals surface area contributed by atoms with Gasteiger partial charge in [-0.2, -0.15) is 4.68 Å². The molecule has 0 aliphatic carbocycles. The number of ether oxygens (including phenoxy) is 1. The molecular weight excluding hydrogens is 353 g/mol. The second-order valence-corrected chi connectivity index (χ2v) is 5.90. The van der Waals surface area contributed by atoms with Crippen LogP contribution in [0, 0.1) is 5.82 Å². The van der Waals surface area contributed by atoms with Crippen molar-refractivity contribution in [3.05, 3.63) is 70.5 Å². The molecule has 1 heterocycles. The number of carbonyl (C=O) groups excluding carboxylic acids is 1. The van der Waals surface area contributed by atoms with Gasteiger partial charge in [-0.1, -0.05) is 18.2 Å². The number of aromatic nitrogens is 2. The van der Waals surface area contributed by atoms with Gasteiger partial charge in [0.25, 0.3) is 0 Å². The van der Waals surface area contributed by atoms with Crippen molar-refractivity contribution < 1.29 is 18.3 Å². The van der Waals surface area contributed by atoms with E-state index in [1.54, 1.807) is 14.2 Å². The second kappa shape index (κ2) is 7.86. The molecule has 3 rings (SSSR count). The number of halogens is 1. The third-order valence-electron chi connectivity index (χ3n) is 4.01. The van der Waals surface area contributed by atoms with Crippen molar-refractivity contribution >= 4 is 5.91 Å². The number of para-hydroxylation sites is 1. The highest BCUT2D eigenvalue weighted by atomic mass is 19.1. The van der Waals surface area contributed by atoms with E-state index >= 15 is 0 Å². The maximum atomic E-state index is 13.0. The number of hydrogen-bond acceptors (Lipinski definition) is 5. The van der Waals surface area contributed by atoms with Crippen LogP contribution in [0.2, 0.25) is 0 Å². The molecule has 0 bridgehead atoms. The van der Waals surface area contributed by atoms with E-state index in [1.165, 1.54) is 29.2 Å². The molecule has 0 unspecified atom stereocenters. The second-order valence-electron chi connectivity index (χ2n) is 5.90. The topological polar surface area (TPSA) is 77.6 Å². The first-order valence-corrected chi connectivity index (χ1v) is 8.17. The fourth-order valence-corrected chi connectivity index (χ4v) is 2.54. The molecule has 0 N–H and O–H groups in total. The van der Waals surface area contributed by atoms with Gasteiger partial charge in [-0.25, -0.2) is 9.18 Å². The lowest BCUT2D eigenvalue weighted by Crippen LogP contribution is -2.33. The normalized spacial score (nSPS) is 10.6. The van der Waals surface area contributed by atoms with E-state index in [0.29, 0.717) is 17.9 Å². The van der Waals surface area contributed by atoms with Crippen molar-refractivity contribution in [3.63, 3.8) is 0 Å². The molecule has 0 aliphatic heterocycles. The van der Waals surface area contributed by atoms with Crippen LogP contribution in [0.25, 0.3) is 11.5 Å². The van der Waals surface area contributed by atoms with E-state index in [0.717, 1.165) is 10.2 Å². The maximum absolute atomic E-state index is 13.0. The monoisotopic (exact) mass is 371 g/mol. The van der Waals surface area contributed by atoms with E-state index in [4.69, 9.17) is 9.15 Å². The number of hydrogen-bond donors (Lipinski definition) is 0. The molecule has 0 saturated heterocycles. The molecular formula is C19H18FN3O4. The average Bonchev–Trinajstić information content (AvgIpc) is 3.03. The molecule has 3 aromatic rings. The largest absolute Gasteiger partial charge is 0.496 e. The van der Waals surface area contributed by atoms with Crippen molar-refractivity contribution in [1.82, 2.24) is 14.7 Å². The first-order valence-electron chi connectivity index (χ1n) is 8.17. The average molecular weight is 371 g/mol. The van der Waals surface area contributed by atoms with Crippen molar-refractivity contribution in [2.75, 3.05) is 14.2 Å². The van der Waals surface area contributed by atoms with E-state index in [9.17, 15) is 14.0 Å². The van der Waals surface area contributed by atoms with Crippen molar-refractivity contribution in [1.29, 1.82) is 0 Å². The van der Waals surface area contributed by atoms with Gasteiger partial charge >= 0.3 is 5.76 Å². The Balaban J connectivity index is 1.72. The molecule has 0 fully saturated rings. The molecule has 0 atom stereocenters. The highest BCUT2D eigenvalue weighted by Crippen LogP contribution is 2.19. The molecule has 140 valence electrons. The quantitative estimate of drug-likeness (QED) is 0.665. The summed E-state index contributed by atoms with van der Waals surface area (Å²) in [6.07, 6.45) is 0. The molecule has 0 saturated carbocycles. The van der Waals surface area contributed by atoms with Gasteiger partial charge in [0, 0.05) is 24.7 Å². The number of likely N-dealkylation sites (N-methyl/N-ethyl adjacent to an activating group) is 1. The van der Waals surface area contributed by atoms with Crippen LogP contribution >= 0.6 is 0 Å². The van der Waals surface area contributed by atoms with Crippen LogP contribution in [0.1, 0.15) is 5.56 Å². The summed E-state index contributed by atoms with van der Waals surface area (Å²) in [7, 11) is 3.19. The summed E-state index contributed by atoms with van der Waals surface area (Å²) >= 11 is 0. The van der Waals surface area contributed by atoms with Crippen LogP contribution < -0.4 is 10.5 Å². The van der Waals surface area contributed by atoms with Crippen molar-refractivity contribution in [2.45, 2.75) is 13.1 Å². The Hall–Kier alpha value is -3.42. The number of methoxy groups -OCH3 is 1. The number of nitrogens with zero attached hydrogens (tertiary/aromatic N) is 3. The van der Waals surface area contributed by atoms with Gasteiger partial charge in [0.15, 0.2) is 0 Å². The molecule has 27 heavy (non-hydrogen) atoms. The van der Waals surface area contributed by atoms with Crippen LogP contribution in [-0.2, 0) is 17.9 Å². The summed E-state index contributed by atoms with van der Waals surface area (Å²) in [6.45, 7) is 0.0510. The number of amides is 1. The lowest BCUT2D eigenvalue weighted by Gasteiger charge is -2.18. The fraction of sp³-hybridized carbons (Fsp3) is 0.211. The van der Waals surface area contributed by atoms with Gasteiger partial charge in [0.1, 0.15) is 18.1 Å². The van der Waals surface area contributed by atoms with E-state index in [1.807, 2.05) is 24.3 Å². The Bertz CT molecular complexity index is 995. The number of benzene rings is 2. The first kappa shape index (κ1) is 18.4. The predicted molar refractivity (Wildman–Crippen MR) is 95.6 cm³/mol. The standard InChI is InChI=1S/C19H18FN3O4/c1-22(11-14-5-3-4-6-16(14)26-2)17(24)12-23-19(25)27-18(21-23)13-7-9-15(20)10-8-13/h3-10H,11-12H2,1-2H3. The molecule has 1 amide bonds. The van der Waals surface area contributed by atoms with Gasteiger partial charge in [-0.15, -0.1) is 5.10 Å². The Morgan fingerprint density at radius 1 is 1.22 bits per heavy atom. The molecule has 7 nitrogen and oxygen atoms in total. The predicted octanol–water partition coefficient (Wildman–Crippen LogP) is 2.31. The summed E-state index contributed by atoms with van der Waals surface area (Å²) in [6, 6.07) is 12.7. The minimum absolute atomic E-state index is 0.0279. The van der Waals surface area contributed by atoms with Gasteiger partial charge in [-0.3, -0.25) is 4.79 Å². The molecule has 8 heteroatoms. The number of rotatable bonds is 6. The summed E-state index contributed by atoms with van der Waals surface area (Å²) < 4.78 is 24.3. The van der Waals surface area contributed by atoms with Crippen LogP contribution in [0.3, 0.4) is 0 Å². The minimum atomic E-state index is -0.756. The van der Waals surface area contributed by atoms with Crippen molar-refractivity contribution in [3.8, 4) is 17.2 Å². The van der Waals surface area contributed by atoms with Crippen LogP contribution in [0.4, 0.5) is 4.39 Å². The molecule has 2 aromatic carbocycles. The third kappa shape index (κ3) is 4.22. The zero-order valence-electron chi connectivity index (χ0n) is 14.9. The minimum Gasteiger partial charge on any atom is -0.496 e. The van der Waals surface area contributed by atoms with Crippen LogP contribution in [-0.4, -0.2) is 34.7 Å². The van der Waals surface area contributed by atoms with Crippen molar-refractivity contribution in [2.24, 2.45) is 0 Å². The van der Waals surface area contributed by atoms with Gasteiger partial charge in [0.2, 0.25) is 11.8 Å². The highest BCUT2D eigenvalue weighted by Gasteiger charge is 2.17. The summed E-state index contributed by atoms with van der Waals surface area (Å²) in [5.74, 6) is -0.779. The first-order chi connectivity index (χ1) is 13.0. The molecule has 0 spiro atoms. The Morgan fingerprint density at radius 3 is 2.63 bits per heavy atom. The summed E-state index contributed by atoms with van der Waals surface area (Å²) in [5, 5.41) is 4.02. The number of carbonyl (C=O) groups is 1. The highest BCUT2D eigenvalue weighted by molar-refractivity contribution is 5.75. The fourth-order valence-electron chi connectivity index (χ4n) is 2.54. The Morgan fingerprint density at radius 2 is 1.93 bits per heavy atom. The van der Waals surface area contributed by atoms with Crippen LogP contribution in [0.5, 0.6) is 5.75 Å². The summed E-state index contributed by atoms with van der Waals surface area (Å²) in [5.41, 5.74) is 1.29. The Labute approximate surface area is 154 Å². The Kier molecular flexibility index (Phi) is 5.35. The SMILES string of the molecule is COc1ccccc1CN(C)C(=O)Cn1nc(-c2ccc(F)cc2)oc1=O. The smallest absolute Gasteiger partial charge is 0.437 e. The van der Waals surface area contributed by atoms with E-state index < -0.39 is 11.6 Å². The zero-order chi connectivity index (χ0) is 19.4.